The van der Waals surface area contributed by atoms with Crippen molar-refractivity contribution in [1.82, 2.24) is 15.1 Å². The van der Waals surface area contributed by atoms with Gasteiger partial charge in [0.05, 0.1) is 5.69 Å². The van der Waals surface area contributed by atoms with Crippen molar-refractivity contribution in [3.05, 3.63) is 47.7 Å². The Morgan fingerprint density at radius 3 is 2.57 bits per heavy atom. The van der Waals surface area contributed by atoms with Crippen LogP contribution in [0.1, 0.15) is 25.1 Å². The first-order valence-electron chi connectivity index (χ1n) is 7.07. The van der Waals surface area contributed by atoms with E-state index in [4.69, 9.17) is 4.74 Å². The summed E-state index contributed by atoms with van der Waals surface area (Å²) in [6.45, 7) is 6.56. The Labute approximate surface area is 132 Å². The number of nitrogens with one attached hydrogen (secondary N) is 1. The van der Waals surface area contributed by atoms with Crippen LogP contribution in [0, 0.1) is 5.92 Å². The largest absolute Gasteiger partial charge is 0.473 e. The van der Waals surface area contributed by atoms with E-state index in [2.05, 4.69) is 36.4 Å². The van der Waals surface area contributed by atoms with Crippen molar-refractivity contribution in [1.29, 1.82) is 0 Å². The minimum absolute atomic E-state index is 0. The van der Waals surface area contributed by atoms with Gasteiger partial charge < -0.3 is 10.1 Å². The van der Waals surface area contributed by atoms with Crippen molar-refractivity contribution in [3.63, 3.8) is 0 Å². The second-order valence-corrected chi connectivity index (χ2v) is 5.35. The van der Waals surface area contributed by atoms with E-state index in [9.17, 15) is 0 Å². The number of halogens is 1. The second-order valence-electron chi connectivity index (χ2n) is 5.35. The Kier molecular flexibility index (Phi) is 7.26. The molecule has 2 rings (SSSR count). The molecule has 0 aliphatic carbocycles. The summed E-state index contributed by atoms with van der Waals surface area (Å²) in [5.41, 5.74) is 2.18. The van der Waals surface area contributed by atoms with E-state index in [1.54, 1.807) is 0 Å². The number of hydrogen-bond acceptors (Lipinski definition) is 3. The molecule has 0 spiro atoms. The van der Waals surface area contributed by atoms with Crippen LogP contribution in [0.4, 0.5) is 0 Å². The van der Waals surface area contributed by atoms with E-state index in [0.29, 0.717) is 12.5 Å². The molecule has 0 unspecified atom stereocenters. The van der Waals surface area contributed by atoms with Gasteiger partial charge in [-0.1, -0.05) is 44.2 Å². The fourth-order valence-corrected chi connectivity index (χ4v) is 2.04. The smallest absolute Gasteiger partial charge is 0.212 e. The molecular weight excluding hydrogens is 286 g/mol. The summed E-state index contributed by atoms with van der Waals surface area (Å²) < 4.78 is 7.88. The van der Waals surface area contributed by atoms with Gasteiger partial charge in [-0.15, -0.1) is 12.4 Å². The van der Waals surface area contributed by atoms with Gasteiger partial charge in [0, 0.05) is 19.2 Å². The fraction of sp³-hybridized carbons (Fsp3) is 0.438. The van der Waals surface area contributed by atoms with Crippen molar-refractivity contribution in [2.75, 3.05) is 7.05 Å². The highest BCUT2D eigenvalue weighted by molar-refractivity contribution is 5.85. The Bertz CT molecular complexity index is 526. The first-order chi connectivity index (χ1) is 9.69. The van der Waals surface area contributed by atoms with Gasteiger partial charge in [0.1, 0.15) is 6.61 Å². The lowest BCUT2D eigenvalue weighted by Gasteiger charge is -2.11. The number of aromatic nitrogens is 2. The number of ether oxygens (including phenoxy) is 1. The molecule has 0 saturated carbocycles. The predicted molar refractivity (Wildman–Crippen MR) is 87.9 cm³/mol. The molecule has 0 fully saturated rings. The third kappa shape index (κ3) is 5.40. The van der Waals surface area contributed by atoms with Crippen LogP contribution in [0.3, 0.4) is 0 Å². The number of rotatable bonds is 7. The van der Waals surface area contributed by atoms with Gasteiger partial charge in [0.25, 0.3) is 0 Å². The summed E-state index contributed by atoms with van der Waals surface area (Å²) >= 11 is 0. The number of benzene rings is 1. The summed E-state index contributed by atoms with van der Waals surface area (Å²) in [6, 6.07) is 12.2. The quantitative estimate of drug-likeness (QED) is 0.853. The average molecular weight is 310 g/mol. The summed E-state index contributed by atoms with van der Waals surface area (Å²) in [7, 11) is 1.92. The molecule has 21 heavy (non-hydrogen) atoms. The monoisotopic (exact) mass is 309 g/mol. The molecule has 0 saturated heterocycles. The zero-order valence-corrected chi connectivity index (χ0v) is 13.7. The van der Waals surface area contributed by atoms with E-state index < -0.39 is 0 Å². The maximum atomic E-state index is 5.92. The molecule has 4 nitrogen and oxygen atoms in total. The number of hydrogen-bond donors (Lipinski definition) is 1. The molecule has 0 aliphatic heterocycles. The van der Waals surface area contributed by atoms with E-state index in [-0.39, 0.29) is 12.4 Å². The van der Waals surface area contributed by atoms with Gasteiger partial charge in [-0.25, -0.2) is 4.68 Å². The van der Waals surface area contributed by atoms with Gasteiger partial charge in [-0.05, 0) is 18.5 Å². The maximum absolute atomic E-state index is 5.92. The van der Waals surface area contributed by atoms with Crippen molar-refractivity contribution in [2.24, 2.45) is 5.92 Å². The van der Waals surface area contributed by atoms with Crippen LogP contribution in [-0.2, 0) is 19.7 Å². The third-order valence-corrected chi connectivity index (χ3v) is 2.92. The van der Waals surface area contributed by atoms with Gasteiger partial charge >= 0.3 is 0 Å². The van der Waals surface area contributed by atoms with Crippen LogP contribution in [0.15, 0.2) is 36.4 Å². The van der Waals surface area contributed by atoms with Crippen LogP contribution < -0.4 is 10.1 Å². The Morgan fingerprint density at radius 1 is 1.24 bits per heavy atom. The highest BCUT2D eigenvalue weighted by Crippen LogP contribution is 2.17. The van der Waals surface area contributed by atoms with E-state index in [1.807, 2.05) is 36.0 Å². The fourth-order valence-electron chi connectivity index (χ4n) is 2.04. The first kappa shape index (κ1) is 17.5. The summed E-state index contributed by atoms with van der Waals surface area (Å²) in [4.78, 5) is 0. The van der Waals surface area contributed by atoms with Crippen LogP contribution in [0.5, 0.6) is 5.88 Å². The van der Waals surface area contributed by atoms with Gasteiger partial charge in [0.15, 0.2) is 0 Å². The summed E-state index contributed by atoms with van der Waals surface area (Å²) in [6.07, 6.45) is 0. The van der Waals surface area contributed by atoms with E-state index >= 15 is 0 Å². The Morgan fingerprint density at radius 2 is 1.95 bits per heavy atom. The van der Waals surface area contributed by atoms with Crippen molar-refractivity contribution >= 4 is 12.4 Å². The number of nitrogens with zero attached hydrogens (tertiary/aromatic N) is 2. The molecule has 0 bridgehead atoms. The van der Waals surface area contributed by atoms with Crippen molar-refractivity contribution < 1.29 is 4.74 Å². The molecule has 1 heterocycles. The highest BCUT2D eigenvalue weighted by atomic mass is 35.5. The average Bonchev–Trinajstić information content (AvgIpc) is 2.79. The third-order valence-electron chi connectivity index (χ3n) is 2.92. The van der Waals surface area contributed by atoms with Crippen molar-refractivity contribution in [2.45, 2.75) is 33.5 Å². The minimum atomic E-state index is 0. The summed E-state index contributed by atoms with van der Waals surface area (Å²) in [5, 5.41) is 7.70. The Balaban J connectivity index is 0.00000220. The molecule has 1 aromatic heterocycles. The van der Waals surface area contributed by atoms with Gasteiger partial charge in [0.2, 0.25) is 5.88 Å². The van der Waals surface area contributed by atoms with Gasteiger partial charge in [-0.2, -0.15) is 5.10 Å². The molecule has 0 atom stereocenters. The molecule has 1 N–H and O–H groups in total. The van der Waals surface area contributed by atoms with Crippen molar-refractivity contribution in [3.8, 4) is 5.88 Å². The molecule has 2 aromatic rings. The highest BCUT2D eigenvalue weighted by Gasteiger charge is 2.10. The second kappa shape index (κ2) is 8.70. The SMILES string of the molecule is CNCc1cc(OCc2ccccc2)n(CC(C)C)n1.Cl. The van der Waals surface area contributed by atoms with Crippen LogP contribution in [0.2, 0.25) is 0 Å². The van der Waals surface area contributed by atoms with Gasteiger partial charge in [-0.3, -0.25) is 0 Å². The maximum Gasteiger partial charge on any atom is 0.212 e. The Hall–Kier alpha value is -1.52. The predicted octanol–water partition coefficient (Wildman–Crippen LogP) is 3.26. The molecule has 0 aliphatic rings. The van der Waals surface area contributed by atoms with E-state index in [0.717, 1.165) is 24.7 Å². The zero-order chi connectivity index (χ0) is 14.4. The molecule has 1 aromatic carbocycles. The minimum Gasteiger partial charge on any atom is -0.473 e. The zero-order valence-electron chi connectivity index (χ0n) is 12.9. The van der Waals surface area contributed by atoms with E-state index in [1.165, 1.54) is 5.56 Å². The molecular formula is C16H24ClN3O. The summed E-state index contributed by atoms with van der Waals surface area (Å²) in [5.74, 6) is 1.38. The van der Waals surface area contributed by atoms with Crippen LogP contribution in [-0.4, -0.2) is 16.8 Å². The lowest BCUT2D eigenvalue weighted by atomic mass is 10.2. The first-order valence-corrected chi connectivity index (χ1v) is 7.07. The lowest BCUT2D eigenvalue weighted by Crippen LogP contribution is -2.10. The normalized spacial score (nSPS) is 10.5. The standard InChI is InChI=1S/C16H23N3O.ClH/c1-13(2)11-19-16(9-15(18-19)10-17-3)20-12-14-7-5-4-6-8-14;/h4-9,13,17H,10-12H2,1-3H3;1H. The topological polar surface area (TPSA) is 39.1 Å². The molecule has 5 heteroatoms. The van der Waals surface area contributed by atoms with Crippen LogP contribution >= 0.6 is 12.4 Å². The molecule has 116 valence electrons. The molecule has 0 radical (unpaired) electrons. The molecule has 0 amide bonds. The van der Waals surface area contributed by atoms with Crippen LogP contribution in [0.25, 0.3) is 0 Å². The lowest BCUT2D eigenvalue weighted by molar-refractivity contribution is 0.265.